The SMILES string of the molecule is CCC(C)(NC(=O)Cc1ccc2oc3ccccc3c2c1)c1nn[nH]n1. The molecule has 7 heteroatoms. The maximum Gasteiger partial charge on any atom is 0.225 e. The van der Waals surface area contributed by atoms with Crippen molar-refractivity contribution in [2.75, 3.05) is 0 Å². The van der Waals surface area contributed by atoms with Crippen LogP contribution >= 0.6 is 0 Å². The quantitative estimate of drug-likeness (QED) is 0.577. The molecule has 0 aliphatic rings. The minimum atomic E-state index is -0.656. The van der Waals surface area contributed by atoms with Crippen molar-refractivity contribution in [1.82, 2.24) is 25.9 Å². The van der Waals surface area contributed by atoms with Gasteiger partial charge in [0.15, 0.2) is 5.82 Å². The van der Waals surface area contributed by atoms with Crippen LogP contribution in [0.2, 0.25) is 0 Å². The molecule has 7 nitrogen and oxygen atoms in total. The molecule has 1 atom stereocenters. The number of para-hydroxylation sites is 1. The van der Waals surface area contributed by atoms with Crippen LogP contribution in [0.15, 0.2) is 46.9 Å². The van der Waals surface area contributed by atoms with Crippen LogP contribution < -0.4 is 5.32 Å². The highest BCUT2D eigenvalue weighted by Gasteiger charge is 2.31. The number of tetrazole rings is 1. The lowest BCUT2D eigenvalue weighted by Gasteiger charge is -2.25. The number of hydrogen-bond acceptors (Lipinski definition) is 5. The molecule has 0 fully saturated rings. The third-order valence-electron chi connectivity index (χ3n) is 4.77. The van der Waals surface area contributed by atoms with Crippen molar-refractivity contribution in [1.29, 1.82) is 0 Å². The van der Waals surface area contributed by atoms with Crippen LogP contribution in [0.1, 0.15) is 31.7 Å². The number of aromatic nitrogens is 4. The van der Waals surface area contributed by atoms with Gasteiger partial charge in [0.25, 0.3) is 0 Å². The van der Waals surface area contributed by atoms with Crippen molar-refractivity contribution in [2.45, 2.75) is 32.2 Å². The second-order valence-electron chi connectivity index (χ2n) is 6.57. The first kappa shape index (κ1) is 16.3. The average Bonchev–Trinajstić information content (AvgIpc) is 3.29. The Balaban J connectivity index is 1.58. The van der Waals surface area contributed by atoms with E-state index < -0.39 is 5.54 Å². The van der Waals surface area contributed by atoms with Crippen LogP contribution in [0.5, 0.6) is 0 Å². The Morgan fingerprint density at radius 2 is 2.00 bits per heavy atom. The smallest absolute Gasteiger partial charge is 0.225 e. The third-order valence-corrected chi connectivity index (χ3v) is 4.77. The molecule has 0 aliphatic heterocycles. The van der Waals surface area contributed by atoms with E-state index in [1.54, 1.807) is 0 Å². The largest absolute Gasteiger partial charge is 0.456 e. The zero-order chi connectivity index (χ0) is 18.1. The van der Waals surface area contributed by atoms with Crippen molar-refractivity contribution >= 4 is 27.8 Å². The standard InChI is InChI=1S/C19H19N5O2/c1-3-19(2,18-21-23-24-22-18)20-17(25)11-12-8-9-16-14(10-12)13-6-4-5-7-15(13)26-16/h4-10H,3,11H2,1-2H3,(H,20,25)(H,21,22,23,24). The summed E-state index contributed by atoms with van der Waals surface area (Å²) in [5.41, 5.74) is 1.93. The van der Waals surface area contributed by atoms with Crippen molar-refractivity contribution < 1.29 is 9.21 Å². The van der Waals surface area contributed by atoms with Crippen molar-refractivity contribution in [3.05, 3.63) is 53.9 Å². The number of carbonyl (C=O) groups excluding carboxylic acids is 1. The first-order valence-electron chi connectivity index (χ1n) is 8.54. The van der Waals surface area contributed by atoms with Crippen LogP contribution in [0, 0.1) is 0 Å². The predicted octanol–water partition coefficient (Wildman–Crippen LogP) is 3.08. The topological polar surface area (TPSA) is 96.7 Å². The maximum atomic E-state index is 12.6. The number of rotatable bonds is 5. The summed E-state index contributed by atoms with van der Waals surface area (Å²) < 4.78 is 5.83. The maximum absolute atomic E-state index is 12.6. The second-order valence-corrected chi connectivity index (χ2v) is 6.57. The molecular formula is C19H19N5O2. The van der Waals surface area contributed by atoms with Gasteiger partial charge in [-0.1, -0.05) is 36.4 Å². The molecule has 0 saturated carbocycles. The molecule has 0 bridgehead atoms. The fraction of sp³-hybridized carbons (Fsp3) is 0.263. The van der Waals surface area contributed by atoms with E-state index in [1.165, 1.54) is 0 Å². The summed E-state index contributed by atoms with van der Waals surface area (Å²) in [6, 6.07) is 13.7. The van der Waals surface area contributed by atoms with E-state index in [2.05, 4.69) is 25.9 Å². The number of furan rings is 1. The zero-order valence-corrected chi connectivity index (χ0v) is 14.6. The van der Waals surface area contributed by atoms with Crippen molar-refractivity contribution in [3.63, 3.8) is 0 Å². The summed E-state index contributed by atoms with van der Waals surface area (Å²) in [4.78, 5) is 12.6. The Bertz CT molecular complexity index is 1070. The fourth-order valence-corrected chi connectivity index (χ4v) is 3.12. The van der Waals surface area contributed by atoms with E-state index in [-0.39, 0.29) is 12.3 Å². The van der Waals surface area contributed by atoms with Gasteiger partial charge in [0.1, 0.15) is 16.7 Å². The van der Waals surface area contributed by atoms with E-state index in [1.807, 2.05) is 56.3 Å². The molecule has 132 valence electrons. The molecule has 2 aromatic heterocycles. The molecule has 0 saturated heterocycles. The van der Waals surface area contributed by atoms with Gasteiger partial charge >= 0.3 is 0 Å². The highest BCUT2D eigenvalue weighted by atomic mass is 16.3. The molecule has 1 unspecified atom stereocenters. The van der Waals surface area contributed by atoms with Gasteiger partial charge in [-0.25, -0.2) is 0 Å². The zero-order valence-electron chi connectivity index (χ0n) is 14.6. The van der Waals surface area contributed by atoms with Crippen molar-refractivity contribution in [3.8, 4) is 0 Å². The third kappa shape index (κ3) is 2.81. The minimum Gasteiger partial charge on any atom is -0.456 e. The number of fused-ring (bicyclic) bond motifs is 3. The molecule has 2 aromatic carbocycles. The van der Waals surface area contributed by atoms with Gasteiger partial charge in [0, 0.05) is 10.8 Å². The molecule has 0 radical (unpaired) electrons. The predicted molar refractivity (Wildman–Crippen MR) is 97.4 cm³/mol. The summed E-state index contributed by atoms with van der Waals surface area (Å²) in [7, 11) is 0. The molecule has 2 heterocycles. The molecule has 4 aromatic rings. The van der Waals surface area contributed by atoms with E-state index in [4.69, 9.17) is 4.42 Å². The van der Waals surface area contributed by atoms with E-state index >= 15 is 0 Å². The summed E-state index contributed by atoms with van der Waals surface area (Å²) in [6.07, 6.45) is 0.923. The van der Waals surface area contributed by atoms with Crippen LogP contribution in [-0.2, 0) is 16.8 Å². The fourth-order valence-electron chi connectivity index (χ4n) is 3.12. The van der Waals surface area contributed by atoms with Crippen LogP contribution in [0.3, 0.4) is 0 Å². The molecule has 0 aliphatic carbocycles. The Morgan fingerprint density at radius 3 is 2.77 bits per heavy atom. The highest BCUT2D eigenvalue weighted by molar-refractivity contribution is 6.05. The van der Waals surface area contributed by atoms with Gasteiger partial charge in [-0.2, -0.15) is 5.21 Å². The first-order chi connectivity index (χ1) is 12.6. The highest BCUT2D eigenvalue weighted by Crippen LogP contribution is 2.29. The van der Waals surface area contributed by atoms with E-state index in [9.17, 15) is 4.79 Å². The molecule has 2 N–H and O–H groups in total. The molecule has 26 heavy (non-hydrogen) atoms. The normalized spacial score (nSPS) is 13.8. The van der Waals surface area contributed by atoms with Crippen LogP contribution in [-0.4, -0.2) is 26.5 Å². The van der Waals surface area contributed by atoms with Gasteiger partial charge < -0.3 is 9.73 Å². The minimum absolute atomic E-state index is 0.0914. The molecule has 0 spiro atoms. The number of benzene rings is 2. The van der Waals surface area contributed by atoms with Gasteiger partial charge in [-0.05, 0) is 37.1 Å². The van der Waals surface area contributed by atoms with Gasteiger partial charge in [0.05, 0.1) is 6.42 Å². The lowest BCUT2D eigenvalue weighted by molar-refractivity contribution is -0.122. The van der Waals surface area contributed by atoms with Gasteiger partial charge in [0.2, 0.25) is 5.91 Å². The average molecular weight is 349 g/mol. The number of hydrogen-bond donors (Lipinski definition) is 2. The number of amides is 1. The lowest BCUT2D eigenvalue weighted by Crippen LogP contribution is -2.44. The Kier molecular flexibility index (Phi) is 3.91. The second kappa shape index (κ2) is 6.25. The number of nitrogens with zero attached hydrogens (tertiary/aromatic N) is 3. The first-order valence-corrected chi connectivity index (χ1v) is 8.54. The van der Waals surface area contributed by atoms with Crippen LogP contribution in [0.4, 0.5) is 0 Å². The summed E-state index contributed by atoms with van der Waals surface area (Å²) in [5.74, 6) is 0.385. The number of nitrogens with one attached hydrogen (secondary N) is 2. The van der Waals surface area contributed by atoms with E-state index in [0.717, 1.165) is 27.5 Å². The number of aromatic amines is 1. The van der Waals surface area contributed by atoms with E-state index in [0.29, 0.717) is 12.2 Å². The summed E-state index contributed by atoms with van der Waals surface area (Å²) in [6.45, 7) is 3.86. The number of carbonyl (C=O) groups is 1. The summed E-state index contributed by atoms with van der Waals surface area (Å²) >= 11 is 0. The Labute approximate surface area is 149 Å². The molecular weight excluding hydrogens is 330 g/mol. The monoisotopic (exact) mass is 349 g/mol. The number of H-pyrrole nitrogens is 1. The van der Waals surface area contributed by atoms with Gasteiger partial charge in [-0.3, -0.25) is 4.79 Å². The molecule has 4 rings (SSSR count). The molecule has 1 amide bonds. The van der Waals surface area contributed by atoms with Gasteiger partial charge in [-0.15, -0.1) is 10.2 Å². The van der Waals surface area contributed by atoms with Crippen LogP contribution in [0.25, 0.3) is 21.9 Å². The lowest BCUT2D eigenvalue weighted by atomic mass is 9.97. The summed E-state index contributed by atoms with van der Waals surface area (Å²) in [5, 5.41) is 19.1. The Hall–Kier alpha value is -3.22. The Morgan fingerprint density at radius 1 is 1.19 bits per heavy atom. The van der Waals surface area contributed by atoms with Crippen molar-refractivity contribution in [2.24, 2.45) is 0 Å².